The zero-order valence-corrected chi connectivity index (χ0v) is 17.5. The minimum Gasteiger partial charge on any atom is -0.357 e. The van der Waals surface area contributed by atoms with Gasteiger partial charge in [0.05, 0.1) is 6.54 Å². The van der Waals surface area contributed by atoms with Gasteiger partial charge in [0.15, 0.2) is 5.96 Å². The highest BCUT2D eigenvalue weighted by atomic mass is 127. The average molecular weight is 454 g/mol. The first-order valence-electron chi connectivity index (χ1n) is 8.54. The highest BCUT2D eigenvalue weighted by Gasteiger charge is 2.30. The van der Waals surface area contributed by atoms with E-state index in [0.29, 0.717) is 12.0 Å². The van der Waals surface area contributed by atoms with E-state index in [-0.39, 0.29) is 24.0 Å². The lowest BCUT2D eigenvalue weighted by atomic mass is 9.93. The van der Waals surface area contributed by atoms with Crippen molar-refractivity contribution < 1.29 is 0 Å². The molecule has 2 aromatic rings. The maximum absolute atomic E-state index is 4.80. The molecule has 3 rings (SSSR count). The zero-order valence-electron chi connectivity index (χ0n) is 15.1. The second-order valence-electron chi connectivity index (χ2n) is 7.00. The maximum Gasteiger partial charge on any atom is 0.194 e. The van der Waals surface area contributed by atoms with Gasteiger partial charge in [0, 0.05) is 38.2 Å². The fourth-order valence-electron chi connectivity index (χ4n) is 2.94. The molecule has 0 spiro atoms. The molecule has 2 aromatic heterocycles. The van der Waals surface area contributed by atoms with Crippen LogP contribution in [0.1, 0.15) is 32.8 Å². The van der Waals surface area contributed by atoms with E-state index in [1.165, 1.54) is 6.42 Å². The third-order valence-corrected chi connectivity index (χ3v) is 4.30. The van der Waals surface area contributed by atoms with Gasteiger partial charge in [0.1, 0.15) is 12.1 Å². The second kappa shape index (κ2) is 8.64. The maximum atomic E-state index is 4.80. The molecule has 136 valence electrons. The highest BCUT2D eigenvalue weighted by Crippen LogP contribution is 2.28. The van der Waals surface area contributed by atoms with E-state index in [1.807, 2.05) is 23.0 Å². The van der Waals surface area contributed by atoms with Gasteiger partial charge in [-0.3, -0.25) is 4.57 Å². The van der Waals surface area contributed by atoms with Crippen LogP contribution in [0.2, 0.25) is 0 Å². The number of aliphatic imine (C=N–C) groups is 1. The standard InChI is InChI=1S/C18H26N6.HI/c1-4-20-17(23-9-7-18(2,3)13-23)22-12-15-5-6-16(21-11-15)24-10-8-19-14-24;/h5-6,8,10-11,14H,4,7,9,12-13H2,1-3H3,(H,20,22);1H. The Morgan fingerprint density at radius 1 is 1.36 bits per heavy atom. The lowest BCUT2D eigenvalue weighted by Crippen LogP contribution is -2.40. The Balaban J connectivity index is 0.00000225. The van der Waals surface area contributed by atoms with Crippen molar-refractivity contribution in [1.82, 2.24) is 24.8 Å². The monoisotopic (exact) mass is 454 g/mol. The van der Waals surface area contributed by atoms with Crippen molar-refractivity contribution in [2.45, 2.75) is 33.7 Å². The SMILES string of the molecule is CCNC(=NCc1ccc(-n2ccnc2)nc1)N1CCC(C)(C)C1.I. The Bertz CT molecular complexity index is 678. The summed E-state index contributed by atoms with van der Waals surface area (Å²) in [6, 6.07) is 4.07. The van der Waals surface area contributed by atoms with E-state index in [2.05, 4.69) is 47.0 Å². The molecule has 3 heterocycles. The lowest BCUT2D eigenvalue weighted by Gasteiger charge is -2.23. The Morgan fingerprint density at radius 2 is 2.20 bits per heavy atom. The number of likely N-dealkylation sites (tertiary alicyclic amines) is 1. The van der Waals surface area contributed by atoms with Crippen LogP contribution in [0.25, 0.3) is 5.82 Å². The summed E-state index contributed by atoms with van der Waals surface area (Å²) in [5.74, 6) is 1.87. The number of nitrogens with one attached hydrogen (secondary N) is 1. The molecule has 0 bridgehead atoms. The first kappa shape index (κ1) is 19.7. The predicted molar refractivity (Wildman–Crippen MR) is 112 cm³/mol. The van der Waals surface area contributed by atoms with Crippen LogP contribution in [0.15, 0.2) is 42.0 Å². The second-order valence-corrected chi connectivity index (χ2v) is 7.00. The van der Waals surface area contributed by atoms with Gasteiger partial charge in [-0.05, 0) is 30.4 Å². The highest BCUT2D eigenvalue weighted by molar-refractivity contribution is 14.0. The van der Waals surface area contributed by atoms with Crippen molar-refractivity contribution in [3.05, 3.63) is 42.6 Å². The molecule has 0 atom stereocenters. The molecule has 1 aliphatic rings. The van der Waals surface area contributed by atoms with Gasteiger partial charge in [-0.15, -0.1) is 24.0 Å². The van der Waals surface area contributed by atoms with E-state index in [9.17, 15) is 0 Å². The number of aromatic nitrogens is 3. The van der Waals surface area contributed by atoms with Gasteiger partial charge in [0.2, 0.25) is 0 Å². The summed E-state index contributed by atoms with van der Waals surface area (Å²) in [7, 11) is 0. The number of hydrogen-bond donors (Lipinski definition) is 1. The number of rotatable bonds is 4. The van der Waals surface area contributed by atoms with E-state index >= 15 is 0 Å². The molecule has 1 fully saturated rings. The van der Waals surface area contributed by atoms with Crippen molar-refractivity contribution in [2.75, 3.05) is 19.6 Å². The van der Waals surface area contributed by atoms with Crippen LogP contribution < -0.4 is 5.32 Å². The first-order valence-corrected chi connectivity index (χ1v) is 8.54. The molecule has 0 saturated carbocycles. The number of hydrogen-bond acceptors (Lipinski definition) is 3. The molecular weight excluding hydrogens is 427 g/mol. The summed E-state index contributed by atoms with van der Waals surface area (Å²) in [5.41, 5.74) is 1.47. The van der Waals surface area contributed by atoms with Crippen LogP contribution in [0.5, 0.6) is 0 Å². The minimum atomic E-state index is 0. The number of guanidine groups is 1. The van der Waals surface area contributed by atoms with Gasteiger partial charge < -0.3 is 10.2 Å². The zero-order chi connectivity index (χ0) is 17.0. The van der Waals surface area contributed by atoms with E-state index in [1.54, 1.807) is 12.5 Å². The third kappa shape index (κ3) is 5.17. The van der Waals surface area contributed by atoms with E-state index in [4.69, 9.17) is 4.99 Å². The van der Waals surface area contributed by atoms with E-state index in [0.717, 1.165) is 37.0 Å². The topological polar surface area (TPSA) is 58.3 Å². The smallest absolute Gasteiger partial charge is 0.194 e. The van der Waals surface area contributed by atoms with Gasteiger partial charge in [-0.2, -0.15) is 0 Å². The van der Waals surface area contributed by atoms with Crippen molar-refractivity contribution in [3.63, 3.8) is 0 Å². The van der Waals surface area contributed by atoms with Crippen molar-refractivity contribution in [3.8, 4) is 5.82 Å². The van der Waals surface area contributed by atoms with Crippen LogP contribution >= 0.6 is 24.0 Å². The molecule has 0 unspecified atom stereocenters. The normalized spacial score (nSPS) is 16.6. The van der Waals surface area contributed by atoms with Gasteiger partial charge in [0.25, 0.3) is 0 Å². The molecule has 7 heteroatoms. The molecule has 0 radical (unpaired) electrons. The lowest BCUT2D eigenvalue weighted by molar-refractivity contribution is 0.370. The summed E-state index contributed by atoms with van der Waals surface area (Å²) >= 11 is 0. The molecule has 0 amide bonds. The molecule has 25 heavy (non-hydrogen) atoms. The summed E-state index contributed by atoms with van der Waals surface area (Å²) in [6.45, 7) is 10.4. The largest absolute Gasteiger partial charge is 0.357 e. The molecule has 0 aromatic carbocycles. The quantitative estimate of drug-likeness (QED) is 0.439. The minimum absolute atomic E-state index is 0. The van der Waals surface area contributed by atoms with Crippen LogP contribution in [-0.2, 0) is 6.54 Å². The number of halogens is 1. The number of nitrogens with zero attached hydrogens (tertiary/aromatic N) is 5. The fourth-order valence-corrected chi connectivity index (χ4v) is 2.94. The molecule has 1 N–H and O–H groups in total. The summed E-state index contributed by atoms with van der Waals surface area (Å²) < 4.78 is 1.89. The van der Waals surface area contributed by atoms with Gasteiger partial charge in [-0.1, -0.05) is 19.9 Å². The Labute approximate surface area is 166 Å². The number of imidazole rings is 1. The van der Waals surface area contributed by atoms with Gasteiger partial charge in [-0.25, -0.2) is 15.0 Å². The summed E-state index contributed by atoms with van der Waals surface area (Å²) in [5, 5.41) is 3.41. The van der Waals surface area contributed by atoms with Crippen LogP contribution in [-0.4, -0.2) is 45.0 Å². The Hall–Kier alpha value is -1.64. The molecule has 0 aliphatic carbocycles. The van der Waals surface area contributed by atoms with Gasteiger partial charge >= 0.3 is 0 Å². The molecule has 6 nitrogen and oxygen atoms in total. The van der Waals surface area contributed by atoms with Crippen molar-refractivity contribution >= 4 is 29.9 Å². The van der Waals surface area contributed by atoms with Crippen LogP contribution in [0, 0.1) is 5.41 Å². The first-order chi connectivity index (χ1) is 11.6. The number of pyridine rings is 1. The van der Waals surface area contributed by atoms with E-state index < -0.39 is 0 Å². The molecule has 1 aliphatic heterocycles. The fraction of sp³-hybridized carbons (Fsp3) is 0.500. The summed E-state index contributed by atoms with van der Waals surface area (Å²) in [6.07, 6.45) is 8.48. The predicted octanol–water partition coefficient (Wildman–Crippen LogP) is 3.08. The Kier molecular flexibility index (Phi) is 6.80. The summed E-state index contributed by atoms with van der Waals surface area (Å²) in [4.78, 5) is 15.7. The van der Waals surface area contributed by atoms with Crippen LogP contribution in [0.3, 0.4) is 0 Å². The molecule has 1 saturated heterocycles. The third-order valence-electron chi connectivity index (χ3n) is 4.30. The van der Waals surface area contributed by atoms with Crippen molar-refractivity contribution in [2.24, 2.45) is 10.4 Å². The molecular formula is C18H27IN6. The van der Waals surface area contributed by atoms with Crippen molar-refractivity contribution in [1.29, 1.82) is 0 Å². The average Bonchev–Trinajstić information content (AvgIpc) is 3.21. The Morgan fingerprint density at radius 3 is 2.76 bits per heavy atom. The van der Waals surface area contributed by atoms with Crippen LogP contribution in [0.4, 0.5) is 0 Å².